The highest BCUT2D eigenvalue weighted by molar-refractivity contribution is 4.81. The molecule has 0 bridgehead atoms. The van der Waals surface area contributed by atoms with Crippen LogP contribution in [0.5, 0.6) is 0 Å². The molecule has 1 heterocycles. The molecule has 2 N–H and O–H groups in total. The molecule has 0 aromatic rings. The van der Waals surface area contributed by atoms with Crippen LogP contribution in [0.3, 0.4) is 0 Å². The van der Waals surface area contributed by atoms with Gasteiger partial charge >= 0.3 is 0 Å². The van der Waals surface area contributed by atoms with Crippen molar-refractivity contribution in [2.75, 3.05) is 26.8 Å². The van der Waals surface area contributed by atoms with Crippen LogP contribution in [0.15, 0.2) is 0 Å². The van der Waals surface area contributed by atoms with E-state index in [1.54, 1.807) is 7.11 Å². The maximum atomic E-state index is 5.82. The summed E-state index contributed by atoms with van der Waals surface area (Å²) in [5.74, 6) is 0. The number of hydrogen-bond acceptors (Lipinski definition) is 3. The Kier molecular flexibility index (Phi) is 3.98. The van der Waals surface area contributed by atoms with E-state index in [0.717, 1.165) is 32.5 Å². The van der Waals surface area contributed by atoms with E-state index < -0.39 is 0 Å². The Bertz CT molecular complexity index is 130. The Hall–Kier alpha value is -0.120. The van der Waals surface area contributed by atoms with Crippen molar-refractivity contribution in [1.82, 2.24) is 4.90 Å². The molecule has 2 atom stereocenters. The molecular weight excluding hydrogens is 152 g/mol. The Balaban J connectivity index is 2.18. The van der Waals surface area contributed by atoms with Gasteiger partial charge in [-0.05, 0) is 19.8 Å². The van der Waals surface area contributed by atoms with Crippen molar-refractivity contribution in [3.8, 4) is 0 Å². The van der Waals surface area contributed by atoms with E-state index in [1.165, 1.54) is 0 Å². The summed E-state index contributed by atoms with van der Waals surface area (Å²) in [4.78, 5) is 2.45. The normalized spacial score (nSPS) is 27.8. The van der Waals surface area contributed by atoms with Crippen LogP contribution in [0, 0.1) is 0 Å². The Morgan fingerprint density at radius 2 is 2.42 bits per heavy atom. The number of methoxy groups -OCH3 is 1. The molecule has 1 aliphatic rings. The molecule has 1 unspecified atom stereocenters. The van der Waals surface area contributed by atoms with Gasteiger partial charge in [0.05, 0.1) is 0 Å². The van der Waals surface area contributed by atoms with Gasteiger partial charge in [-0.25, -0.2) is 0 Å². The predicted octanol–water partition coefficient (Wildman–Crippen LogP) is 0.444. The number of ether oxygens (including phenoxy) is 1. The zero-order valence-electron chi connectivity index (χ0n) is 8.12. The molecular formula is C9H20N2O. The van der Waals surface area contributed by atoms with Gasteiger partial charge in [0.15, 0.2) is 0 Å². The highest BCUT2D eigenvalue weighted by Crippen LogP contribution is 2.12. The molecule has 1 rings (SSSR count). The molecule has 0 aromatic heterocycles. The van der Waals surface area contributed by atoms with Gasteiger partial charge < -0.3 is 10.5 Å². The summed E-state index contributed by atoms with van der Waals surface area (Å²) in [6.07, 6.45) is 2.26. The van der Waals surface area contributed by atoms with Crippen LogP contribution in [-0.4, -0.2) is 43.8 Å². The second-order valence-electron chi connectivity index (χ2n) is 3.67. The van der Waals surface area contributed by atoms with E-state index in [2.05, 4.69) is 11.8 Å². The van der Waals surface area contributed by atoms with Gasteiger partial charge in [0.25, 0.3) is 0 Å². The molecule has 0 aliphatic carbocycles. The molecule has 3 nitrogen and oxygen atoms in total. The lowest BCUT2D eigenvalue weighted by Gasteiger charge is -2.23. The highest BCUT2D eigenvalue weighted by Gasteiger charge is 2.22. The molecule has 12 heavy (non-hydrogen) atoms. The number of nitrogens with two attached hydrogens (primary N) is 1. The Morgan fingerprint density at radius 1 is 1.67 bits per heavy atom. The maximum Gasteiger partial charge on any atom is 0.0477 e. The van der Waals surface area contributed by atoms with Crippen molar-refractivity contribution in [3.63, 3.8) is 0 Å². The van der Waals surface area contributed by atoms with Crippen molar-refractivity contribution in [3.05, 3.63) is 0 Å². The molecule has 0 aromatic carbocycles. The quantitative estimate of drug-likeness (QED) is 0.669. The summed E-state index contributed by atoms with van der Waals surface area (Å²) in [6.45, 7) is 5.32. The minimum absolute atomic E-state index is 0.398. The molecule has 0 amide bonds. The highest BCUT2D eigenvalue weighted by atomic mass is 16.5. The standard InChI is InChI=1S/C9H20N2O/c1-8(4-6-12-2)11-5-3-9(10)7-11/h8-9H,3-7,10H2,1-2H3/t8?,9-/m1/s1. The summed E-state index contributed by atoms with van der Waals surface area (Å²) in [7, 11) is 1.75. The lowest BCUT2D eigenvalue weighted by Crippen LogP contribution is -2.34. The van der Waals surface area contributed by atoms with Crippen LogP contribution in [0.25, 0.3) is 0 Å². The fourth-order valence-electron chi connectivity index (χ4n) is 1.69. The van der Waals surface area contributed by atoms with Crippen LogP contribution < -0.4 is 5.73 Å². The van der Waals surface area contributed by atoms with Crippen LogP contribution in [0.4, 0.5) is 0 Å². The lowest BCUT2D eigenvalue weighted by molar-refractivity contribution is 0.152. The second-order valence-corrected chi connectivity index (χ2v) is 3.67. The number of hydrogen-bond donors (Lipinski definition) is 1. The summed E-state index contributed by atoms with van der Waals surface area (Å²) >= 11 is 0. The molecule has 72 valence electrons. The first-order chi connectivity index (χ1) is 5.74. The van der Waals surface area contributed by atoms with Gasteiger partial charge in [0.1, 0.15) is 0 Å². The van der Waals surface area contributed by atoms with E-state index in [4.69, 9.17) is 10.5 Å². The lowest BCUT2D eigenvalue weighted by atomic mass is 10.2. The van der Waals surface area contributed by atoms with Crippen molar-refractivity contribution in [2.24, 2.45) is 5.73 Å². The minimum atomic E-state index is 0.398. The molecule has 1 saturated heterocycles. The van der Waals surface area contributed by atoms with Crippen LogP contribution in [0.2, 0.25) is 0 Å². The van der Waals surface area contributed by atoms with Crippen molar-refractivity contribution in [2.45, 2.75) is 31.8 Å². The van der Waals surface area contributed by atoms with Crippen LogP contribution >= 0.6 is 0 Å². The smallest absolute Gasteiger partial charge is 0.0477 e. The molecule has 0 saturated carbocycles. The summed E-state index contributed by atoms with van der Waals surface area (Å²) < 4.78 is 5.04. The SMILES string of the molecule is COCCC(C)N1CC[C@@H](N)C1. The van der Waals surface area contributed by atoms with Crippen molar-refractivity contribution < 1.29 is 4.74 Å². The zero-order chi connectivity index (χ0) is 8.97. The van der Waals surface area contributed by atoms with E-state index in [1.807, 2.05) is 0 Å². The first-order valence-electron chi connectivity index (χ1n) is 4.72. The molecule has 0 spiro atoms. The van der Waals surface area contributed by atoms with E-state index in [0.29, 0.717) is 12.1 Å². The molecule has 3 heteroatoms. The average Bonchev–Trinajstić information content (AvgIpc) is 2.47. The average molecular weight is 172 g/mol. The molecule has 1 fully saturated rings. The van der Waals surface area contributed by atoms with Crippen molar-refractivity contribution in [1.29, 1.82) is 0 Å². The van der Waals surface area contributed by atoms with Crippen molar-refractivity contribution >= 4 is 0 Å². The summed E-state index contributed by atoms with van der Waals surface area (Å²) in [6, 6.07) is 1.02. The Morgan fingerprint density at radius 3 is 2.92 bits per heavy atom. The van der Waals surface area contributed by atoms with Gasteiger partial charge in [-0.1, -0.05) is 0 Å². The number of likely N-dealkylation sites (tertiary alicyclic amines) is 1. The third-order valence-electron chi connectivity index (χ3n) is 2.62. The first-order valence-corrected chi connectivity index (χ1v) is 4.72. The third kappa shape index (κ3) is 2.73. The Labute approximate surface area is 74.9 Å². The fourth-order valence-corrected chi connectivity index (χ4v) is 1.69. The van der Waals surface area contributed by atoms with Gasteiger partial charge in [-0.3, -0.25) is 4.90 Å². The van der Waals surface area contributed by atoms with Crippen LogP contribution in [-0.2, 0) is 4.74 Å². The topological polar surface area (TPSA) is 38.5 Å². The van der Waals surface area contributed by atoms with Gasteiger partial charge in [-0.2, -0.15) is 0 Å². The molecule has 0 radical (unpaired) electrons. The molecule has 1 aliphatic heterocycles. The van der Waals surface area contributed by atoms with Gasteiger partial charge in [0.2, 0.25) is 0 Å². The zero-order valence-corrected chi connectivity index (χ0v) is 8.12. The van der Waals surface area contributed by atoms with E-state index in [-0.39, 0.29) is 0 Å². The van der Waals surface area contributed by atoms with Crippen LogP contribution in [0.1, 0.15) is 19.8 Å². The monoisotopic (exact) mass is 172 g/mol. The van der Waals surface area contributed by atoms with E-state index >= 15 is 0 Å². The summed E-state index contributed by atoms with van der Waals surface area (Å²) in [5.41, 5.74) is 5.82. The second kappa shape index (κ2) is 4.80. The third-order valence-corrected chi connectivity index (χ3v) is 2.62. The van der Waals surface area contributed by atoms with Gasteiger partial charge in [0, 0.05) is 38.9 Å². The number of rotatable bonds is 4. The number of nitrogens with zero attached hydrogens (tertiary/aromatic N) is 1. The van der Waals surface area contributed by atoms with Gasteiger partial charge in [-0.15, -0.1) is 0 Å². The maximum absolute atomic E-state index is 5.82. The minimum Gasteiger partial charge on any atom is -0.385 e. The summed E-state index contributed by atoms with van der Waals surface area (Å²) in [5, 5.41) is 0. The largest absolute Gasteiger partial charge is 0.385 e. The predicted molar refractivity (Wildman–Crippen MR) is 50.1 cm³/mol. The van der Waals surface area contributed by atoms with E-state index in [9.17, 15) is 0 Å². The fraction of sp³-hybridized carbons (Fsp3) is 1.00. The first kappa shape index (κ1) is 9.96.